The summed E-state index contributed by atoms with van der Waals surface area (Å²) in [5.41, 5.74) is 2.25. The second-order valence-electron chi connectivity index (χ2n) is 5.28. The van der Waals surface area contributed by atoms with Gasteiger partial charge in [-0.3, -0.25) is 0 Å². The predicted octanol–water partition coefficient (Wildman–Crippen LogP) is 3.34. The number of hydrogen-bond acceptors (Lipinski definition) is 3. The average Bonchev–Trinajstić information content (AvgIpc) is 2.39. The number of ether oxygens (including phenoxy) is 1. The number of aromatic hydroxyl groups is 1. The first kappa shape index (κ1) is 13.2. The molecule has 0 bridgehead atoms. The Morgan fingerprint density at radius 2 is 2.11 bits per heavy atom. The van der Waals surface area contributed by atoms with Crippen molar-refractivity contribution in [2.75, 3.05) is 13.7 Å². The molecular weight excluding hydrogens is 226 g/mol. The van der Waals surface area contributed by atoms with Crippen molar-refractivity contribution in [3.8, 4) is 11.5 Å². The largest absolute Gasteiger partial charge is 0.504 e. The van der Waals surface area contributed by atoms with Gasteiger partial charge in [-0.05, 0) is 36.9 Å². The van der Waals surface area contributed by atoms with E-state index in [-0.39, 0.29) is 6.04 Å². The fourth-order valence-electron chi connectivity index (χ4n) is 2.74. The number of phenolic OH excluding ortho intramolecular Hbond substituents is 1. The molecular formula is C15H23NO2. The molecule has 0 amide bonds. The molecule has 1 fully saturated rings. The molecule has 2 N–H and O–H groups in total. The number of benzene rings is 1. The maximum atomic E-state index is 10.4. The first-order valence-corrected chi connectivity index (χ1v) is 6.78. The summed E-state index contributed by atoms with van der Waals surface area (Å²) < 4.78 is 5.23. The molecule has 1 aliphatic heterocycles. The van der Waals surface area contributed by atoms with Crippen molar-refractivity contribution < 1.29 is 9.84 Å². The lowest BCUT2D eigenvalue weighted by Gasteiger charge is -2.28. The number of rotatable bonds is 3. The predicted molar refractivity (Wildman–Crippen MR) is 73.3 cm³/mol. The SMILES string of the molecule is COc1ccc(C(C)C)c(C2CCCCN2)c1O. The standard InChI is InChI=1S/C15H23NO2/c1-10(2)11-7-8-13(18-3)15(17)14(11)12-6-4-5-9-16-12/h7-8,10,12,16-17H,4-6,9H2,1-3H3. The molecule has 3 heteroatoms. The zero-order chi connectivity index (χ0) is 13.1. The van der Waals surface area contributed by atoms with Crippen molar-refractivity contribution in [3.05, 3.63) is 23.3 Å². The van der Waals surface area contributed by atoms with Crippen LogP contribution < -0.4 is 10.1 Å². The lowest BCUT2D eigenvalue weighted by Crippen LogP contribution is -2.28. The van der Waals surface area contributed by atoms with E-state index in [1.807, 2.05) is 6.07 Å². The van der Waals surface area contributed by atoms with Crippen LogP contribution in [0.4, 0.5) is 0 Å². The van der Waals surface area contributed by atoms with E-state index in [0.717, 1.165) is 18.5 Å². The Bertz CT molecular complexity index is 409. The minimum absolute atomic E-state index is 0.256. The molecule has 100 valence electrons. The van der Waals surface area contributed by atoms with Gasteiger partial charge in [0.05, 0.1) is 7.11 Å². The summed E-state index contributed by atoms with van der Waals surface area (Å²) in [6.07, 6.45) is 3.52. The van der Waals surface area contributed by atoms with Crippen LogP contribution in [-0.4, -0.2) is 18.8 Å². The van der Waals surface area contributed by atoms with Gasteiger partial charge in [-0.15, -0.1) is 0 Å². The smallest absolute Gasteiger partial charge is 0.162 e. The second-order valence-corrected chi connectivity index (χ2v) is 5.28. The Kier molecular flexibility index (Phi) is 4.12. The molecule has 1 heterocycles. The summed E-state index contributed by atoms with van der Waals surface area (Å²) >= 11 is 0. The van der Waals surface area contributed by atoms with Crippen molar-refractivity contribution in [2.45, 2.75) is 45.1 Å². The van der Waals surface area contributed by atoms with Crippen LogP contribution >= 0.6 is 0 Å². The second kappa shape index (κ2) is 5.61. The first-order valence-electron chi connectivity index (χ1n) is 6.78. The summed E-state index contributed by atoms with van der Waals surface area (Å²) in [5.74, 6) is 1.28. The molecule has 2 rings (SSSR count). The molecule has 0 aromatic heterocycles. The van der Waals surface area contributed by atoms with Crippen molar-refractivity contribution in [3.63, 3.8) is 0 Å². The van der Waals surface area contributed by atoms with Crippen LogP contribution in [0.2, 0.25) is 0 Å². The Balaban J connectivity index is 2.45. The van der Waals surface area contributed by atoms with E-state index in [1.165, 1.54) is 18.4 Å². The van der Waals surface area contributed by atoms with Gasteiger partial charge in [0, 0.05) is 11.6 Å². The van der Waals surface area contributed by atoms with Crippen LogP contribution in [0.1, 0.15) is 56.2 Å². The molecule has 0 aliphatic carbocycles. The van der Waals surface area contributed by atoms with Gasteiger partial charge in [0.15, 0.2) is 11.5 Å². The minimum Gasteiger partial charge on any atom is -0.504 e. The first-order chi connectivity index (χ1) is 8.65. The summed E-state index contributed by atoms with van der Waals surface area (Å²) in [4.78, 5) is 0. The van der Waals surface area contributed by atoms with E-state index in [9.17, 15) is 5.11 Å². The van der Waals surface area contributed by atoms with Gasteiger partial charge in [0.1, 0.15) is 0 Å². The van der Waals surface area contributed by atoms with Gasteiger partial charge in [0.2, 0.25) is 0 Å². The van der Waals surface area contributed by atoms with Gasteiger partial charge in [0.25, 0.3) is 0 Å². The quantitative estimate of drug-likeness (QED) is 0.863. The van der Waals surface area contributed by atoms with E-state index < -0.39 is 0 Å². The normalized spacial score (nSPS) is 20.1. The molecule has 1 atom stereocenters. The fourth-order valence-corrected chi connectivity index (χ4v) is 2.74. The Morgan fingerprint density at radius 1 is 1.33 bits per heavy atom. The number of piperidine rings is 1. The number of hydrogen-bond donors (Lipinski definition) is 2. The van der Waals surface area contributed by atoms with E-state index in [1.54, 1.807) is 7.11 Å². The third kappa shape index (κ3) is 2.46. The lowest BCUT2D eigenvalue weighted by molar-refractivity contribution is 0.352. The summed E-state index contributed by atoms with van der Waals surface area (Å²) in [7, 11) is 1.60. The maximum absolute atomic E-state index is 10.4. The molecule has 1 unspecified atom stereocenters. The maximum Gasteiger partial charge on any atom is 0.162 e. The van der Waals surface area contributed by atoms with Crippen LogP contribution in [0, 0.1) is 0 Å². The van der Waals surface area contributed by atoms with Crippen molar-refractivity contribution in [2.24, 2.45) is 0 Å². The van der Waals surface area contributed by atoms with Crippen LogP contribution in [0.15, 0.2) is 12.1 Å². The number of methoxy groups -OCH3 is 1. The monoisotopic (exact) mass is 249 g/mol. The molecule has 0 saturated carbocycles. The number of phenols is 1. The Labute approximate surface area is 109 Å². The van der Waals surface area contributed by atoms with Gasteiger partial charge >= 0.3 is 0 Å². The van der Waals surface area contributed by atoms with Crippen molar-refractivity contribution in [1.29, 1.82) is 0 Å². The summed E-state index contributed by atoms with van der Waals surface area (Å²) in [5, 5.41) is 13.9. The average molecular weight is 249 g/mol. The van der Waals surface area contributed by atoms with Gasteiger partial charge in [-0.1, -0.05) is 26.3 Å². The molecule has 1 aromatic carbocycles. The van der Waals surface area contributed by atoms with Gasteiger partial charge in [-0.25, -0.2) is 0 Å². The molecule has 1 aromatic rings. The Hall–Kier alpha value is -1.22. The molecule has 18 heavy (non-hydrogen) atoms. The highest BCUT2D eigenvalue weighted by Crippen LogP contribution is 2.41. The van der Waals surface area contributed by atoms with Crippen LogP contribution in [0.5, 0.6) is 11.5 Å². The van der Waals surface area contributed by atoms with Gasteiger partial charge in [-0.2, -0.15) is 0 Å². The van der Waals surface area contributed by atoms with Crippen molar-refractivity contribution in [1.82, 2.24) is 5.32 Å². The van der Waals surface area contributed by atoms with Crippen LogP contribution in [0.25, 0.3) is 0 Å². The highest BCUT2D eigenvalue weighted by Gasteiger charge is 2.24. The summed E-state index contributed by atoms with van der Waals surface area (Å²) in [6.45, 7) is 5.35. The molecule has 3 nitrogen and oxygen atoms in total. The molecule has 1 saturated heterocycles. The topological polar surface area (TPSA) is 41.5 Å². The summed E-state index contributed by atoms with van der Waals surface area (Å²) in [6, 6.07) is 4.19. The van der Waals surface area contributed by atoms with Crippen LogP contribution in [0.3, 0.4) is 0 Å². The van der Waals surface area contributed by atoms with E-state index >= 15 is 0 Å². The van der Waals surface area contributed by atoms with Crippen LogP contribution in [-0.2, 0) is 0 Å². The number of nitrogens with one attached hydrogen (secondary N) is 1. The minimum atomic E-state index is 0.256. The molecule has 0 radical (unpaired) electrons. The molecule has 1 aliphatic rings. The van der Waals surface area contributed by atoms with E-state index in [0.29, 0.717) is 17.4 Å². The van der Waals surface area contributed by atoms with E-state index in [4.69, 9.17) is 4.74 Å². The fraction of sp³-hybridized carbons (Fsp3) is 0.600. The Morgan fingerprint density at radius 3 is 2.67 bits per heavy atom. The lowest BCUT2D eigenvalue weighted by atomic mass is 9.88. The van der Waals surface area contributed by atoms with E-state index in [2.05, 4.69) is 25.2 Å². The zero-order valence-corrected chi connectivity index (χ0v) is 11.5. The third-order valence-corrected chi connectivity index (χ3v) is 3.71. The third-order valence-electron chi connectivity index (χ3n) is 3.71. The zero-order valence-electron chi connectivity index (χ0n) is 11.5. The van der Waals surface area contributed by atoms with Crippen molar-refractivity contribution >= 4 is 0 Å². The molecule has 0 spiro atoms. The highest BCUT2D eigenvalue weighted by atomic mass is 16.5. The highest BCUT2D eigenvalue weighted by molar-refractivity contribution is 5.52. The van der Waals surface area contributed by atoms with Gasteiger partial charge < -0.3 is 15.2 Å².